The van der Waals surface area contributed by atoms with Crippen molar-refractivity contribution < 1.29 is 9.90 Å². The van der Waals surface area contributed by atoms with Crippen LogP contribution in [0, 0.1) is 6.92 Å². The number of hydrogen-bond donors (Lipinski definition) is 3. The maximum Gasteiger partial charge on any atom is 0.272 e. The van der Waals surface area contributed by atoms with E-state index in [4.69, 9.17) is 0 Å². The van der Waals surface area contributed by atoms with Crippen molar-refractivity contribution in [1.29, 1.82) is 0 Å². The number of benzene rings is 1. The number of aryl methyl sites for hydroxylation is 1. The van der Waals surface area contributed by atoms with Crippen LogP contribution in [0.15, 0.2) is 35.7 Å². The second-order valence-corrected chi connectivity index (χ2v) is 5.30. The maximum absolute atomic E-state index is 12.1. The van der Waals surface area contributed by atoms with Crippen LogP contribution < -0.4 is 5.32 Å². The largest absolute Gasteiger partial charge is 0.506 e. The first-order chi connectivity index (χ1) is 9.13. The van der Waals surface area contributed by atoms with Crippen molar-refractivity contribution in [2.75, 3.05) is 5.32 Å². The zero-order valence-electron chi connectivity index (χ0n) is 10.2. The molecule has 0 radical (unpaired) electrons. The van der Waals surface area contributed by atoms with E-state index in [-0.39, 0.29) is 11.7 Å². The molecule has 4 nitrogen and oxygen atoms in total. The molecule has 0 atom stereocenters. The van der Waals surface area contributed by atoms with Crippen molar-refractivity contribution in [1.82, 2.24) is 4.98 Å². The van der Waals surface area contributed by atoms with Gasteiger partial charge in [0.15, 0.2) is 0 Å². The van der Waals surface area contributed by atoms with E-state index in [2.05, 4.69) is 10.3 Å². The van der Waals surface area contributed by atoms with Gasteiger partial charge in [0.25, 0.3) is 5.91 Å². The lowest BCUT2D eigenvalue weighted by molar-refractivity contribution is 0.102. The number of nitrogens with one attached hydrogen (secondary N) is 2. The number of hydrogen-bond acceptors (Lipinski definition) is 3. The van der Waals surface area contributed by atoms with Crippen molar-refractivity contribution in [2.45, 2.75) is 6.92 Å². The molecule has 0 saturated heterocycles. The van der Waals surface area contributed by atoms with Crippen LogP contribution in [-0.2, 0) is 0 Å². The Balaban J connectivity index is 1.88. The van der Waals surface area contributed by atoms with E-state index in [9.17, 15) is 9.90 Å². The minimum atomic E-state index is -0.260. The highest BCUT2D eigenvalue weighted by Crippen LogP contribution is 2.26. The van der Waals surface area contributed by atoms with Crippen LogP contribution in [0.5, 0.6) is 5.75 Å². The number of rotatable bonds is 2. The van der Waals surface area contributed by atoms with Gasteiger partial charge in [-0.3, -0.25) is 4.79 Å². The average molecular weight is 272 g/mol. The van der Waals surface area contributed by atoms with Gasteiger partial charge in [0, 0.05) is 0 Å². The minimum absolute atomic E-state index is 0.0623. The molecule has 3 N–H and O–H groups in total. The quantitative estimate of drug-likeness (QED) is 0.625. The highest BCUT2D eigenvalue weighted by atomic mass is 32.1. The fraction of sp³-hybridized carbons (Fsp3) is 0.0714. The number of fused-ring (bicyclic) bond motifs is 1. The third-order valence-electron chi connectivity index (χ3n) is 2.88. The molecular formula is C14H12N2O2S. The van der Waals surface area contributed by atoms with Crippen LogP contribution in [0.4, 0.5) is 5.69 Å². The smallest absolute Gasteiger partial charge is 0.272 e. The molecule has 1 amide bonds. The highest BCUT2D eigenvalue weighted by molar-refractivity contribution is 7.17. The first-order valence-electron chi connectivity index (χ1n) is 5.80. The zero-order chi connectivity index (χ0) is 13.4. The number of phenols is 1. The summed E-state index contributed by atoms with van der Waals surface area (Å²) in [6, 6.07) is 8.83. The van der Waals surface area contributed by atoms with Gasteiger partial charge in [0.1, 0.15) is 11.4 Å². The molecule has 3 rings (SSSR count). The first-order valence-corrected chi connectivity index (χ1v) is 6.68. The molecule has 96 valence electrons. The van der Waals surface area contributed by atoms with Crippen LogP contribution in [0.1, 0.15) is 16.1 Å². The van der Waals surface area contributed by atoms with E-state index in [0.717, 1.165) is 15.8 Å². The van der Waals surface area contributed by atoms with Gasteiger partial charge in [-0.15, -0.1) is 11.3 Å². The van der Waals surface area contributed by atoms with Gasteiger partial charge >= 0.3 is 0 Å². The molecule has 19 heavy (non-hydrogen) atoms. The van der Waals surface area contributed by atoms with Gasteiger partial charge < -0.3 is 15.4 Å². The number of carbonyl (C=O) groups is 1. The SMILES string of the molecule is Cc1ccc(O)c(NC(=O)c2cc3sccc3[nH]2)c1. The number of carbonyl (C=O) groups excluding carboxylic acids is 1. The summed E-state index contributed by atoms with van der Waals surface area (Å²) in [7, 11) is 0. The molecule has 0 fully saturated rings. The van der Waals surface area contributed by atoms with Crippen LogP contribution >= 0.6 is 11.3 Å². The Morgan fingerprint density at radius 3 is 2.95 bits per heavy atom. The summed E-state index contributed by atoms with van der Waals surface area (Å²) in [5.74, 6) is -0.198. The molecule has 3 aromatic rings. The van der Waals surface area contributed by atoms with E-state index >= 15 is 0 Å². The Bertz CT molecular complexity index is 729. The second-order valence-electron chi connectivity index (χ2n) is 4.36. The van der Waals surface area contributed by atoms with E-state index in [1.807, 2.05) is 24.4 Å². The molecule has 5 heteroatoms. The third kappa shape index (κ3) is 2.20. The summed E-state index contributed by atoms with van der Waals surface area (Å²) in [5, 5.41) is 14.4. The Kier molecular flexibility index (Phi) is 2.76. The molecule has 0 aliphatic heterocycles. The Morgan fingerprint density at radius 2 is 2.16 bits per heavy atom. The zero-order valence-corrected chi connectivity index (χ0v) is 11.0. The summed E-state index contributed by atoms with van der Waals surface area (Å²) in [6.45, 7) is 1.90. The number of phenolic OH excluding ortho intramolecular Hbond substituents is 1. The Hall–Kier alpha value is -2.27. The molecule has 0 aliphatic rings. The van der Waals surface area contributed by atoms with Gasteiger partial charge in [-0.1, -0.05) is 6.07 Å². The first kappa shape index (κ1) is 11.8. The summed E-state index contributed by atoms with van der Waals surface area (Å²) in [5.41, 5.74) is 2.83. The third-order valence-corrected chi connectivity index (χ3v) is 3.75. The lowest BCUT2D eigenvalue weighted by atomic mass is 10.2. The van der Waals surface area contributed by atoms with Gasteiger partial charge in [0.05, 0.1) is 15.9 Å². The molecule has 0 saturated carbocycles. The molecule has 0 unspecified atom stereocenters. The van der Waals surface area contributed by atoms with Crippen LogP contribution in [0.2, 0.25) is 0 Å². The van der Waals surface area contributed by atoms with Gasteiger partial charge in [-0.05, 0) is 42.1 Å². The number of anilines is 1. The average Bonchev–Trinajstić information content (AvgIpc) is 2.94. The summed E-state index contributed by atoms with van der Waals surface area (Å²) >= 11 is 1.58. The molecule has 2 aromatic heterocycles. The normalized spacial score (nSPS) is 10.8. The number of aromatic amines is 1. The van der Waals surface area contributed by atoms with Gasteiger partial charge in [-0.2, -0.15) is 0 Å². The maximum atomic E-state index is 12.1. The highest BCUT2D eigenvalue weighted by Gasteiger charge is 2.12. The standard InChI is InChI=1S/C14H12N2O2S/c1-8-2-3-12(17)10(6-8)16-14(18)11-7-13-9(15-11)4-5-19-13/h2-7,15,17H,1H3,(H,16,18). The Labute approximate surface area is 113 Å². The second kappa shape index (κ2) is 4.44. The van der Waals surface area contributed by atoms with Crippen molar-refractivity contribution in [2.24, 2.45) is 0 Å². The Morgan fingerprint density at radius 1 is 1.32 bits per heavy atom. The van der Waals surface area contributed by atoms with E-state index in [1.54, 1.807) is 29.5 Å². The number of thiophene rings is 1. The van der Waals surface area contributed by atoms with Crippen molar-refractivity contribution in [3.05, 3.63) is 47.0 Å². The van der Waals surface area contributed by atoms with Crippen LogP contribution in [-0.4, -0.2) is 16.0 Å². The van der Waals surface area contributed by atoms with Crippen molar-refractivity contribution in [3.63, 3.8) is 0 Å². The molecule has 0 aliphatic carbocycles. The van der Waals surface area contributed by atoms with Crippen molar-refractivity contribution in [3.8, 4) is 5.75 Å². The number of aromatic nitrogens is 1. The molecule has 0 spiro atoms. The minimum Gasteiger partial charge on any atom is -0.506 e. The number of aromatic hydroxyl groups is 1. The fourth-order valence-corrected chi connectivity index (χ4v) is 2.69. The van der Waals surface area contributed by atoms with Crippen LogP contribution in [0.25, 0.3) is 10.2 Å². The monoisotopic (exact) mass is 272 g/mol. The lowest BCUT2D eigenvalue weighted by Crippen LogP contribution is -2.12. The van der Waals surface area contributed by atoms with E-state index in [1.165, 1.54) is 0 Å². The van der Waals surface area contributed by atoms with E-state index in [0.29, 0.717) is 11.4 Å². The summed E-state index contributed by atoms with van der Waals surface area (Å²) in [6.07, 6.45) is 0. The summed E-state index contributed by atoms with van der Waals surface area (Å²) < 4.78 is 1.04. The fourth-order valence-electron chi connectivity index (χ4n) is 1.91. The number of H-pyrrole nitrogens is 1. The molecule has 2 heterocycles. The molecule has 0 bridgehead atoms. The molecular weight excluding hydrogens is 260 g/mol. The van der Waals surface area contributed by atoms with Crippen molar-refractivity contribution >= 4 is 33.1 Å². The van der Waals surface area contributed by atoms with Gasteiger partial charge in [-0.25, -0.2) is 0 Å². The van der Waals surface area contributed by atoms with E-state index < -0.39 is 0 Å². The predicted molar refractivity (Wildman–Crippen MR) is 77.0 cm³/mol. The summed E-state index contributed by atoms with van der Waals surface area (Å²) in [4.78, 5) is 15.1. The number of amides is 1. The lowest BCUT2D eigenvalue weighted by Gasteiger charge is -2.07. The van der Waals surface area contributed by atoms with Crippen LogP contribution in [0.3, 0.4) is 0 Å². The topological polar surface area (TPSA) is 65.1 Å². The predicted octanol–water partition coefficient (Wildman–Crippen LogP) is 3.50. The van der Waals surface area contributed by atoms with Gasteiger partial charge in [0.2, 0.25) is 0 Å². The molecule has 1 aromatic carbocycles.